The van der Waals surface area contributed by atoms with E-state index in [1.807, 2.05) is 45.4 Å². The number of benzene rings is 3. The van der Waals surface area contributed by atoms with Crippen LogP contribution in [-0.2, 0) is 78.4 Å². The molecule has 0 aliphatic heterocycles. The third-order valence-corrected chi connectivity index (χ3v) is 15.6. The third-order valence-electron chi connectivity index (χ3n) is 13.6. The predicted molar refractivity (Wildman–Crippen MR) is 339 cm³/mol. The second-order valence-electron chi connectivity index (χ2n) is 21.4. The number of rotatable bonds is 39. The molecule has 4 aromatic rings. The molecule has 88 heavy (non-hydrogen) atoms. The first kappa shape index (κ1) is 72.5. The van der Waals surface area contributed by atoms with Gasteiger partial charge in [0, 0.05) is 43.3 Å². The van der Waals surface area contributed by atoms with Crippen molar-refractivity contribution in [3.63, 3.8) is 0 Å². The zero-order chi connectivity index (χ0) is 64.7. The highest BCUT2D eigenvalue weighted by molar-refractivity contribution is 7.99. The summed E-state index contributed by atoms with van der Waals surface area (Å²) in [5.41, 5.74) is 14.6. The number of nitrogens with one attached hydrogen (secondary N) is 10. The molecule has 0 aliphatic carbocycles. The predicted octanol–water partition coefficient (Wildman–Crippen LogP) is 0.186. The van der Waals surface area contributed by atoms with Crippen molar-refractivity contribution >= 4 is 100 Å². The van der Waals surface area contributed by atoms with E-state index >= 15 is 0 Å². The van der Waals surface area contributed by atoms with Crippen molar-refractivity contribution in [3.05, 3.63) is 125 Å². The summed E-state index contributed by atoms with van der Waals surface area (Å²) in [4.78, 5) is 158. The molecule has 1 aromatic heterocycles. The third kappa shape index (κ3) is 26.2. The molecule has 0 spiro atoms. The first-order chi connectivity index (χ1) is 42.0. The zero-order valence-electron chi connectivity index (χ0n) is 50.3. The SMILES string of the molecule is CSCC[C@H](NC(=O)[C@H](CC(C)C)NC(=O)CNC(=O)[C@H](Cc1ccc(C)cc1)NC(=O)[C@H](Cc1ccccc1)NC(=O)[C@H](Cc1ccccc1)NC(=O)[C@H](CC(=O)O)NC(=O)[C@H](Cc1cnc[nH]1)NC(=O)[C@H](CCSC)NC(=O)[C@@H](N)CSC)C(N)=O. The number of aryl methyl sites for hydroxylation is 1. The number of carboxylic acid groups (broad SMARTS) is 1. The Labute approximate surface area is 525 Å². The van der Waals surface area contributed by atoms with E-state index in [0.29, 0.717) is 33.9 Å². The van der Waals surface area contributed by atoms with Gasteiger partial charge in [0.2, 0.25) is 59.1 Å². The normalized spacial score (nSPS) is 14.1. The molecule has 0 bridgehead atoms. The average Bonchev–Trinajstić information content (AvgIpc) is 3.96. The summed E-state index contributed by atoms with van der Waals surface area (Å²) in [6.45, 7) is 4.92. The number of carbonyl (C=O) groups excluding carboxylic acids is 10. The second kappa shape index (κ2) is 38.4. The van der Waals surface area contributed by atoms with Gasteiger partial charge in [0.1, 0.15) is 48.3 Å². The molecule has 28 heteroatoms. The fraction of sp³-hybridized carbons (Fsp3) is 0.467. The van der Waals surface area contributed by atoms with Crippen LogP contribution in [0, 0.1) is 12.8 Å². The number of imidazole rings is 1. The van der Waals surface area contributed by atoms with Crippen molar-refractivity contribution in [3.8, 4) is 0 Å². The largest absolute Gasteiger partial charge is 0.481 e. The van der Waals surface area contributed by atoms with Crippen molar-refractivity contribution in [1.29, 1.82) is 0 Å². The Balaban J connectivity index is 1.64. The summed E-state index contributed by atoms with van der Waals surface area (Å²) < 4.78 is 0. The standard InChI is InChI=1S/C60H83N13O12S3/c1-35(2)25-44(56(81)67-42(52(62)77)21-23-86-4)66-50(74)32-64-54(79)45(28-39-19-17-36(3)18-20-39)69-57(82)46(26-37-13-9-7-10-14-37)70-58(83)47(27-38-15-11-8-12-16-38)71-60(85)49(30-51(75)76)73-59(84)48(29-40-31-63-34-65-40)72-55(80)43(22-24-87-5)68-53(78)41(61)33-88-6/h7-20,31,34-35,41-49H,21-30,32-33,61H2,1-6H3,(H2,62,77)(H,63,65)(H,64,79)(H,66,74)(H,67,81)(H,68,78)(H,69,82)(H,70,83)(H,71,85)(H,72,80)(H,73,84)(H,75,76)/t41-,42-,43-,44-,45-,46-,47-,48-,49-/m0/s1. The van der Waals surface area contributed by atoms with Crippen LogP contribution in [0.3, 0.4) is 0 Å². The van der Waals surface area contributed by atoms with E-state index in [1.54, 1.807) is 79.1 Å². The Bertz CT molecular complexity index is 2930. The van der Waals surface area contributed by atoms with E-state index in [-0.39, 0.29) is 56.6 Å². The highest BCUT2D eigenvalue weighted by atomic mass is 32.2. The topological polar surface area (TPSA) is 397 Å². The number of amides is 10. The number of aromatic nitrogens is 2. The zero-order valence-corrected chi connectivity index (χ0v) is 52.7. The number of nitrogens with zero attached hydrogens (tertiary/aromatic N) is 1. The monoisotopic (exact) mass is 1270 g/mol. The van der Waals surface area contributed by atoms with Gasteiger partial charge >= 0.3 is 5.97 Å². The van der Waals surface area contributed by atoms with Gasteiger partial charge in [-0.15, -0.1) is 0 Å². The van der Waals surface area contributed by atoms with Crippen LogP contribution in [0.4, 0.5) is 0 Å². The Morgan fingerprint density at radius 3 is 1.42 bits per heavy atom. The molecule has 478 valence electrons. The Kier molecular flexibility index (Phi) is 31.6. The molecule has 0 fully saturated rings. The second-order valence-corrected chi connectivity index (χ2v) is 24.3. The molecule has 25 nitrogen and oxygen atoms in total. The molecule has 3 aromatic carbocycles. The van der Waals surface area contributed by atoms with E-state index in [0.717, 1.165) is 5.56 Å². The molecule has 1 heterocycles. The Morgan fingerprint density at radius 2 is 0.955 bits per heavy atom. The summed E-state index contributed by atoms with van der Waals surface area (Å²) >= 11 is 4.21. The summed E-state index contributed by atoms with van der Waals surface area (Å²) in [7, 11) is 0. The smallest absolute Gasteiger partial charge is 0.305 e. The maximum absolute atomic E-state index is 14.8. The van der Waals surface area contributed by atoms with Gasteiger partial charge in [0.05, 0.1) is 25.3 Å². The number of nitrogens with two attached hydrogens (primary N) is 2. The number of primary amides is 1. The lowest BCUT2D eigenvalue weighted by Gasteiger charge is -2.28. The Hall–Kier alpha value is -7.95. The van der Waals surface area contributed by atoms with Gasteiger partial charge in [-0.2, -0.15) is 35.3 Å². The minimum Gasteiger partial charge on any atom is -0.481 e. The number of aliphatic carboxylic acids is 1. The highest BCUT2D eigenvalue weighted by Crippen LogP contribution is 2.13. The quantitative estimate of drug-likeness (QED) is 0.0284. The molecule has 0 saturated heterocycles. The summed E-state index contributed by atoms with van der Waals surface area (Å²) in [5, 5.41) is 33.8. The van der Waals surface area contributed by atoms with E-state index in [4.69, 9.17) is 11.5 Å². The number of aromatic amines is 1. The lowest BCUT2D eigenvalue weighted by molar-refractivity contribution is -0.141. The number of hydrogen-bond acceptors (Lipinski definition) is 16. The highest BCUT2D eigenvalue weighted by Gasteiger charge is 2.36. The van der Waals surface area contributed by atoms with Gasteiger partial charge in [-0.1, -0.05) is 104 Å². The lowest BCUT2D eigenvalue weighted by atomic mass is 10.0. The minimum atomic E-state index is -1.86. The number of carboxylic acids is 1. The number of thioether (sulfide) groups is 3. The van der Waals surface area contributed by atoms with Crippen LogP contribution in [0.1, 0.15) is 67.5 Å². The van der Waals surface area contributed by atoms with Crippen molar-refractivity contribution in [2.75, 3.05) is 42.6 Å². The van der Waals surface area contributed by atoms with Gasteiger partial charge in [-0.25, -0.2) is 4.98 Å². The van der Waals surface area contributed by atoms with Gasteiger partial charge in [0.15, 0.2) is 0 Å². The van der Waals surface area contributed by atoms with E-state index in [2.05, 4.69) is 57.8 Å². The molecular weight excluding hydrogens is 1190 g/mol. The minimum absolute atomic E-state index is 0.0829. The van der Waals surface area contributed by atoms with Crippen molar-refractivity contribution in [2.45, 2.75) is 127 Å². The Morgan fingerprint density at radius 1 is 0.523 bits per heavy atom. The maximum Gasteiger partial charge on any atom is 0.305 e. The van der Waals surface area contributed by atoms with Crippen LogP contribution < -0.4 is 59.3 Å². The van der Waals surface area contributed by atoms with Crippen LogP contribution in [0.25, 0.3) is 0 Å². The van der Waals surface area contributed by atoms with Gasteiger partial charge in [-0.3, -0.25) is 52.7 Å². The van der Waals surface area contributed by atoms with Crippen molar-refractivity contribution in [1.82, 2.24) is 57.8 Å². The fourth-order valence-corrected chi connectivity index (χ4v) is 10.4. The lowest BCUT2D eigenvalue weighted by Crippen LogP contribution is -2.61. The van der Waals surface area contributed by atoms with E-state index in [1.165, 1.54) is 47.8 Å². The molecule has 0 aliphatic rings. The van der Waals surface area contributed by atoms with Gasteiger partial charge in [-0.05, 0) is 79.1 Å². The summed E-state index contributed by atoms with van der Waals surface area (Å²) in [6, 6.07) is 12.3. The molecular formula is C60H83N13O12S3. The van der Waals surface area contributed by atoms with Crippen LogP contribution >= 0.6 is 35.3 Å². The first-order valence-electron chi connectivity index (χ1n) is 28.5. The van der Waals surface area contributed by atoms with Crippen molar-refractivity contribution < 1.29 is 57.8 Å². The average molecular weight is 1270 g/mol. The summed E-state index contributed by atoms with van der Waals surface area (Å²) in [5.74, 6) is -8.52. The molecule has 0 radical (unpaired) electrons. The first-order valence-corrected chi connectivity index (χ1v) is 32.7. The molecule has 0 unspecified atom stereocenters. The number of carbonyl (C=O) groups is 11. The molecule has 0 saturated carbocycles. The van der Waals surface area contributed by atoms with Crippen LogP contribution in [0.2, 0.25) is 0 Å². The van der Waals surface area contributed by atoms with Gasteiger partial charge in [0.25, 0.3) is 0 Å². The molecule has 9 atom stereocenters. The van der Waals surface area contributed by atoms with E-state index < -0.39 is 132 Å². The van der Waals surface area contributed by atoms with Crippen LogP contribution in [0.5, 0.6) is 0 Å². The van der Waals surface area contributed by atoms with Gasteiger partial charge < -0.3 is 69.4 Å². The van der Waals surface area contributed by atoms with E-state index in [9.17, 15) is 57.8 Å². The maximum atomic E-state index is 14.8. The molecule has 4 rings (SSSR count). The van der Waals surface area contributed by atoms with Crippen LogP contribution in [0.15, 0.2) is 97.5 Å². The van der Waals surface area contributed by atoms with Crippen LogP contribution in [-0.4, -0.2) is 177 Å². The number of H-pyrrole nitrogens is 1. The van der Waals surface area contributed by atoms with Crippen molar-refractivity contribution in [2.24, 2.45) is 17.4 Å². The molecule has 10 amide bonds. The summed E-state index contributed by atoms with van der Waals surface area (Å²) in [6.07, 6.45) is 7.10. The number of hydrogen-bond donors (Lipinski definition) is 13. The fourth-order valence-electron chi connectivity index (χ4n) is 8.93. The molecule has 15 N–H and O–H groups in total.